The second kappa shape index (κ2) is 4.35. The van der Waals surface area contributed by atoms with E-state index in [9.17, 15) is 8.42 Å². The summed E-state index contributed by atoms with van der Waals surface area (Å²) in [6, 6.07) is 0.260. The van der Waals surface area contributed by atoms with Gasteiger partial charge in [0.1, 0.15) is 9.84 Å². The van der Waals surface area contributed by atoms with E-state index in [0.29, 0.717) is 24.3 Å². The standard InChI is InChI=1S/C12H19N3O2S/c1-9-11-2-5-13-8-12(11)15(14-9)10-3-6-18(16,17)7-4-10/h10,13H,2-8H2,1H3. The predicted molar refractivity (Wildman–Crippen MR) is 69.3 cm³/mol. The van der Waals surface area contributed by atoms with Gasteiger partial charge >= 0.3 is 0 Å². The Labute approximate surface area is 107 Å². The van der Waals surface area contributed by atoms with Crippen LogP contribution in [0.2, 0.25) is 0 Å². The minimum absolute atomic E-state index is 0.260. The lowest BCUT2D eigenvalue weighted by atomic mass is 10.1. The molecule has 5 nitrogen and oxygen atoms in total. The van der Waals surface area contributed by atoms with Crippen molar-refractivity contribution in [3.05, 3.63) is 17.0 Å². The summed E-state index contributed by atoms with van der Waals surface area (Å²) in [6.07, 6.45) is 2.44. The largest absolute Gasteiger partial charge is 0.311 e. The third kappa shape index (κ3) is 2.07. The molecule has 0 atom stereocenters. The molecule has 0 radical (unpaired) electrons. The zero-order valence-corrected chi connectivity index (χ0v) is 11.5. The molecule has 3 rings (SSSR count). The molecule has 0 aliphatic carbocycles. The van der Waals surface area contributed by atoms with Crippen LogP contribution in [-0.4, -0.2) is 36.2 Å². The number of nitrogens with one attached hydrogen (secondary N) is 1. The van der Waals surface area contributed by atoms with E-state index in [0.717, 1.165) is 25.2 Å². The zero-order valence-electron chi connectivity index (χ0n) is 10.6. The molecule has 1 fully saturated rings. The van der Waals surface area contributed by atoms with Gasteiger partial charge in [-0.05, 0) is 38.3 Å². The summed E-state index contributed by atoms with van der Waals surface area (Å²) < 4.78 is 25.0. The highest BCUT2D eigenvalue weighted by Gasteiger charge is 2.28. The first-order valence-electron chi connectivity index (χ1n) is 6.55. The van der Waals surface area contributed by atoms with Gasteiger partial charge < -0.3 is 5.32 Å². The summed E-state index contributed by atoms with van der Waals surface area (Å²) >= 11 is 0. The average Bonchev–Trinajstić information content (AvgIpc) is 2.68. The lowest BCUT2D eigenvalue weighted by Gasteiger charge is -2.25. The smallest absolute Gasteiger partial charge is 0.150 e. The molecule has 1 N–H and O–H groups in total. The van der Waals surface area contributed by atoms with Gasteiger partial charge in [-0.2, -0.15) is 5.10 Å². The molecule has 0 aromatic carbocycles. The fourth-order valence-electron chi connectivity index (χ4n) is 2.99. The van der Waals surface area contributed by atoms with Crippen LogP contribution in [0.1, 0.15) is 35.8 Å². The van der Waals surface area contributed by atoms with Crippen LogP contribution in [0.15, 0.2) is 0 Å². The zero-order chi connectivity index (χ0) is 12.8. The molecule has 6 heteroatoms. The van der Waals surface area contributed by atoms with Crippen molar-refractivity contribution >= 4 is 9.84 Å². The second-order valence-electron chi connectivity index (χ2n) is 5.26. The molecule has 0 unspecified atom stereocenters. The molecule has 0 spiro atoms. The molecule has 18 heavy (non-hydrogen) atoms. The van der Waals surface area contributed by atoms with Gasteiger partial charge in [0.2, 0.25) is 0 Å². The third-order valence-corrected chi connectivity index (χ3v) is 5.75. The summed E-state index contributed by atoms with van der Waals surface area (Å²) in [6.45, 7) is 3.93. The summed E-state index contributed by atoms with van der Waals surface area (Å²) in [5, 5.41) is 8.02. The number of sulfone groups is 1. The summed E-state index contributed by atoms with van der Waals surface area (Å²) in [5.41, 5.74) is 3.74. The highest BCUT2D eigenvalue weighted by molar-refractivity contribution is 7.91. The molecule has 0 bridgehead atoms. The van der Waals surface area contributed by atoms with Crippen molar-refractivity contribution in [3.63, 3.8) is 0 Å². The first-order chi connectivity index (χ1) is 8.57. The molecule has 1 aromatic rings. The molecule has 0 saturated carbocycles. The van der Waals surface area contributed by atoms with E-state index < -0.39 is 9.84 Å². The maximum atomic E-state index is 11.5. The van der Waals surface area contributed by atoms with E-state index in [1.54, 1.807) is 0 Å². The second-order valence-corrected chi connectivity index (χ2v) is 7.57. The number of fused-ring (bicyclic) bond motifs is 1. The Morgan fingerprint density at radius 1 is 1.33 bits per heavy atom. The number of rotatable bonds is 1. The number of aromatic nitrogens is 2. The Morgan fingerprint density at radius 2 is 2.06 bits per heavy atom. The van der Waals surface area contributed by atoms with Gasteiger partial charge in [-0.1, -0.05) is 0 Å². The molecular weight excluding hydrogens is 250 g/mol. The van der Waals surface area contributed by atoms with E-state index in [2.05, 4.69) is 22.0 Å². The summed E-state index contributed by atoms with van der Waals surface area (Å²) in [4.78, 5) is 0. The molecule has 1 saturated heterocycles. The van der Waals surface area contributed by atoms with Crippen molar-refractivity contribution < 1.29 is 8.42 Å². The van der Waals surface area contributed by atoms with Gasteiger partial charge in [-0.3, -0.25) is 4.68 Å². The Bertz CT molecular complexity index is 548. The van der Waals surface area contributed by atoms with Crippen molar-refractivity contribution in [1.82, 2.24) is 15.1 Å². The number of hydrogen-bond acceptors (Lipinski definition) is 4. The third-order valence-electron chi connectivity index (χ3n) is 4.03. The van der Waals surface area contributed by atoms with Crippen molar-refractivity contribution in [2.75, 3.05) is 18.1 Å². The van der Waals surface area contributed by atoms with Crippen LogP contribution in [0.4, 0.5) is 0 Å². The van der Waals surface area contributed by atoms with Crippen LogP contribution < -0.4 is 5.32 Å². The van der Waals surface area contributed by atoms with Crippen LogP contribution in [0.3, 0.4) is 0 Å². The van der Waals surface area contributed by atoms with Crippen molar-refractivity contribution in [2.45, 2.75) is 38.8 Å². The van der Waals surface area contributed by atoms with E-state index in [1.165, 1.54) is 11.3 Å². The lowest BCUT2D eigenvalue weighted by Crippen LogP contribution is -2.30. The minimum Gasteiger partial charge on any atom is -0.311 e. The van der Waals surface area contributed by atoms with Gasteiger partial charge in [-0.15, -0.1) is 0 Å². The van der Waals surface area contributed by atoms with Crippen molar-refractivity contribution in [2.24, 2.45) is 0 Å². The van der Waals surface area contributed by atoms with E-state index in [1.807, 2.05) is 0 Å². The topological polar surface area (TPSA) is 64.0 Å². The maximum Gasteiger partial charge on any atom is 0.150 e. The maximum absolute atomic E-state index is 11.5. The number of nitrogens with zero attached hydrogens (tertiary/aromatic N) is 2. The van der Waals surface area contributed by atoms with Gasteiger partial charge in [0, 0.05) is 6.54 Å². The summed E-state index contributed by atoms with van der Waals surface area (Å²) in [5.74, 6) is 0.609. The SMILES string of the molecule is Cc1nn(C2CCS(=O)(=O)CC2)c2c1CCNC2. The molecular formula is C12H19N3O2S. The average molecular weight is 269 g/mol. The molecule has 100 valence electrons. The van der Waals surface area contributed by atoms with Crippen LogP contribution in [-0.2, 0) is 22.8 Å². The monoisotopic (exact) mass is 269 g/mol. The molecule has 3 heterocycles. The van der Waals surface area contributed by atoms with E-state index in [4.69, 9.17) is 0 Å². The van der Waals surface area contributed by atoms with Crippen LogP contribution in [0.25, 0.3) is 0 Å². The molecule has 2 aliphatic heterocycles. The van der Waals surface area contributed by atoms with Crippen LogP contribution in [0, 0.1) is 6.92 Å². The molecule has 2 aliphatic rings. The van der Waals surface area contributed by atoms with Crippen LogP contribution in [0.5, 0.6) is 0 Å². The highest BCUT2D eigenvalue weighted by Crippen LogP contribution is 2.28. The van der Waals surface area contributed by atoms with Gasteiger partial charge in [0.05, 0.1) is 28.9 Å². The Kier molecular flexibility index (Phi) is 2.94. The lowest BCUT2D eigenvalue weighted by molar-refractivity contribution is 0.392. The first-order valence-corrected chi connectivity index (χ1v) is 8.37. The van der Waals surface area contributed by atoms with Crippen molar-refractivity contribution in [1.29, 1.82) is 0 Å². The Balaban J connectivity index is 1.89. The molecule has 0 amide bonds. The fraction of sp³-hybridized carbons (Fsp3) is 0.750. The quantitative estimate of drug-likeness (QED) is 0.810. The van der Waals surface area contributed by atoms with Crippen molar-refractivity contribution in [3.8, 4) is 0 Å². The number of aryl methyl sites for hydroxylation is 1. The van der Waals surface area contributed by atoms with Crippen LogP contribution >= 0.6 is 0 Å². The Hall–Kier alpha value is -0.880. The first kappa shape index (κ1) is 12.2. The van der Waals surface area contributed by atoms with E-state index in [-0.39, 0.29) is 6.04 Å². The number of hydrogen-bond donors (Lipinski definition) is 1. The summed E-state index contributed by atoms with van der Waals surface area (Å²) in [7, 11) is -2.79. The minimum atomic E-state index is -2.79. The van der Waals surface area contributed by atoms with Gasteiger partial charge in [0.25, 0.3) is 0 Å². The van der Waals surface area contributed by atoms with E-state index >= 15 is 0 Å². The highest BCUT2D eigenvalue weighted by atomic mass is 32.2. The molecule has 1 aromatic heterocycles. The Morgan fingerprint density at radius 3 is 2.78 bits per heavy atom. The fourth-order valence-corrected chi connectivity index (χ4v) is 4.45. The normalized spacial score (nSPS) is 23.8. The van der Waals surface area contributed by atoms with Gasteiger partial charge in [-0.25, -0.2) is 8.42 Å². The van der Waals surface area contributed by atoms with Gasteiger partial charge in [0.15, 0.2) is 0 Å². The predicted octanol–water partition coefficient (Wildman–Crippen LogP) is 0.587.